The first-order valence-electron chi connectivity index (χ1n) is 7.32. The Morgan fingerprint density at radius 3 is 2.50 bits per heavy atom. The molecule has 0 aliphatic heterocycles. The lowest BCUT2D eigenvalue weighted by atomic mass is 10.1. The molecule has 0 aliphatic carbocycles. The number of nitrogens with zero attached hydrogens (tertiary/aromatic N) is 1. The van der Waals surface area contributed by atoms with E-state index >= 15 is 0 Å². The molecule has 2 amide bonds. The van der Waals surface area contributed by atoms with E-state index in [1.54, 1.807) is 11.3 Å². The van der Waals surface area contributed by atoms with Gasteiger partial charge in [0.2, 0.25) is 11.8 Å². The van der Waals surface area contributed by atoms with Crippen LogP contribution in [0.2, 0.25) is 0 Å². The molecule has 1 rings (SSSR count). The van der Waals surface area contributed by atoms with E-state index in [0.717, 1.165) is 0 Å². The molecule has 0 radical (unpaired) electrons. The van der Waals surface area contributed by atoms with E-state index in [9.17, 15) is 9.59 Å². The van der Waals surface area contributed by atoms with Gasteiger partial charge in [0.15, 0.2) is 0 Å². The van der Waals surface area contributed by atoms with Crippen LogP contribution in [0.1, 0.15) is 24.8 Å². The first-order chi connectivity index (χ1) is 10.3. The summed E-state index contributed by atoms with van der Waals surface area (Å²) in [6.07, 6.45) is 0. The summed E-state index contributed by atoms with van der Waals surface area (Å²) in [7, 11) is 3.94. The van der Waals surface area contributed by atoms with Crippen LogP contribution >= 0.6 is 11.3 Å². The molecule has 0 spiro atoms. The molecule has 0 fully saturated rings. The summed E-state index contributed by atoms with van der Waals surface area (Å²) < 4.78 is 0. The minimum Gasteiger partial charge on any atom is -0.353 e. The third kappa shape index (κ3) is 5.75. The Labute approximate surface area is 136 Å². The Kier molecular flexibility index (Phi) is 7.50. The van der Waals surface area contributed by atoms with Crippen LogP contribution in [0.3, 0.4) is 0 Å². The molecule has 0 aromatic carbocycles. The second-order valence-electron chi connectivity index (χ2n) is 5.79. The van der Waals surface area contributed by atoms with Crippen molar-refractivity contribution < 1.29 is 9.59 Å². The molecule has 1 unspecified atom stereocenters. The van der Waals surface area contributed by atoms with Crippen molar-refractivity contribution in [3.8, 4) is 0 Å². The Hall–Kier alpha value is -1.44. The zero-order chi connectivity index (χ0) is 16.7. The minimum atomic E-state index is -0.589. The summed E-state index contributed by atoms with van der Waals surface area (Å²) >= 11 is 1.66. The molecule has 4 N–H and O–H groups in total. The van der Waals surface area contributed by atoms with Gasteiger partial charge in [-0.1, -0.05) is 19.9 Å². The van der Waals surface area contributed by atoms with Crippen LogP contribution < -0.4 is 16.4 Å². The second kappa shape index (κ2) is 8.87. The maximum atomic E-state index is 11.9. The molecule has 7 heteroatoms. The van der Waals surface area contributed by atoms with Crippen molar-refractivity contribution in [2.45, 2.75) is 25.9 Å². The molecule has 22 heavy (non-hydrogen) atoms. The lowest BCUT2D eigenvalue weighted by Crippen LogP contribution is -2.47. The Morgan fingerprint density at radius 1 is 1.32 bits per heavy atom. The fourth-order valence-corrected chi connectivity index (χ4v) is 2.80. The number of nitrogens with two attached hydrogens (primary N) is 1. The third-order valence-electron chi connectivity index (χ3n) is 3.43. The van der Waals surface area contributed by atoms with Crippen molar-refractivity contribution in [1.29, 1.82) is 0 Å². The van der Waals surface area contributed by atoms with Crippen LogP contribution in [0, 0.1) is 5.92 Å². The smallest absolute Gasteiger partial charge is 0.239 e. The number of likely N-dealkylation sites (N-methyl/N-ethyl adjacent to an activating group) is 1. The Balaban J connectivity index is 2.40. The maximum Gasteiger partial charge on any atom is 0.239 e. The van der Waals surface area contributed by atoms with Gasteiger partial charge >= 0.3 is 0 Å². The summed E-state index contributed by atoms with van der Waals surface area (Å²) in [4.78, 5) is 26.8. The number of nitrogens with one attached hydrogen (secondary N) is 2. The summed E-state index contributed by atoms with van der Waals surface area (Å²) in [5.74, 6) is -0.472. The molecular formula is C15H26N4O2S. The molecule has 1 heterocycles. The predicted molar refractivity (Wildman–Crippen MR) is 89.6 cm³/mol. The lowest BCUT2D eigenvalue weighted by Gasteiger charge is -2.23. The lowest BCUT2D eigenvalue weighted by molar-refractivity contribution is -0.127. The molecule has 0 saturated heterocycles. The van der Waals surface area contributed by atoms with E-state index in [-0.39, 0.29) is 30.3 Å². The van der Waals surface area contributed by atoms with Crippen molar-refractivity contribution >= 4 is 23.2 Å². The number of carbonyl (C=O) groups is 2. The number of hydrogen-bond donors (Lipinski definition) is 3. The zero-order valence-corrected chi connectivity index (χ0v) is 14.4. The van der Waals surface area contributed by atoms with Gasteiger partial charge in [-0.3, -0.25) is 9.59 Å². The van der Waals surface area contributed by atoms with Crippen LogP contribution in [-0.4, -0.2) is 49.9 Å². The molecule has 6 nitrogen and oxygen atoms in total. The summed E-state index contributed by atoms with van der Waals surface area (Å²) in [6.45, 7) is 4.18. The number of rotatable bonds is 8. The van der Waals surface area contributed by atoms with Gasteiger partial charge in [-0.15, -0.1) is 11.3 Å². The number of thiophene rings is 1. The molecule has 124 valence electrons. The Bertz CT molecular complexity index is 474. The standard InChI is InChI=1S/C15H26N4O2S/c1-10(2)14(16)15(21)18-9-13(20)17-8-11(19(3)4)12-6-5-7-22-12/h5-7,10-11,14H,8-9,16H2,1-4H3,(H,17,20)(H,18,21)/t11?,14-/m0/s1. The number of carbonyl (C=O) groups excluding carboxylic acids is 2. The van der Waals surface area contributed by atoms with Gasteiger partial charge in [-0.25, -0.2) is 0 Å². The Morgan fingerprint density at radius 2 is 2.00 bits per heavy atom. The predicted octanol–water partition coefficient (Wildman–Crippen LogP) is 0.567. The summed E-state index contributed by atoms with van der Waals surface area (Å²) in [6, 6.07) is 3.57. The zero-order valence-electron chi connectivity index (χ0n) is 13.6. The first-order valence-corrected chi connectivity index (χ1v) is 8.20. The highest BCUT2D eigenvalue weighted by Gasteiger charge is 2.19. The molecular weight excluding hydrogens is 300 g/mol. The van der Waals surface area contributed by atoms with Crippen molar-refractivity contribution in [3.05, 3.63) is 22.4 Å². The summed E-state index contributed by atoms with van der Waals surface area (Å²) in [5.41, 5.74) is 5.72. The van der Waals surface area contributed by atoms with E-state index < -0.39 is 6.04 Å². The summed E-state index contributed by atoms with van der Waals surface area (Å²) in [5, 5.41) is 7.43. The fraction of sp³-hybridized carbons (Fsp3) is 0.600. The monoisotopic (exact) mass is 326 g/mol. The third-order valence-corrected chi connectivity index (χ3v) is 4.41. The van der Waals surface area contributed by atoms with Crippen LogP contribution in [0.4, 0.5) is 0 Å². The first kappa shape index (κ1) is 18.6. The van der Waals surface area contributed by atoms with E-state index in [1.165, 1.54) is 4.88 Å². The molecule has 0 bridgehead atoms. The van der Waals surface area contributed by atoms with E-state index in [0.29, 0.717) is 6.54 Å². The van der Waals surface area contributed by atoms with Crippen LogP contribution in [0.5, 0.6) is 0 Å². The quantitative estimate of drug-likeness (QED) is 0.652. The van der Waals surface area contributed by atoms with Gasteiger partial charge in [0.25, 0.3) is 0 Å². The topological polar surface area (TPSA) is 87.5 Å². The van der Waals surface area contributed by atoms with E-state index in [1.807, 2.05) is 45.5 Å². The highest BCUT2D eigenvalue weighted by Crippen LogP contribution is 2.22. The van der Waals surface area contributed by atoms with Gasteiger partial charge in [0, 0.05) is 11.4 Å². The average Bonchev–Trinajstić information content (AvgIpc) is 2.97. The van der Waals surface area contributed by atoms with Crippen molar-refractivity contribution in [2.75, 3.05) is 27.2 Å². The minimum absolute atomic E-state index is 0.0417. The molecule has 0 saturated carbocycles. The number of hydrogen-bond acceptors (Lipinski definition) is 5. The molecule has 1 aromatic rings. The number of amides is 2. The maximum absolute atomic E-state index is 11.9. The van der Waals surface area contributed by atoms with E-state index in [4.69, 9.17) is 5.73 Å². The average molecular weight is 326 g/mol. The SMILES string of the molecule is CC(C)[C@H](N)C(=O)NCC(=O)NCC(c1cccs1)N(C)C. The molecule has 0 aliphatic rings. The van der Waals surface area contributed by atoms with Gasteiger partial charge in [-0.2, -0.15) is 0 Å². The van der Waals surface area contributed by atoms with Gasteiger partial charge in [0.1, 0.15) is 0 Å². The van der Waals surface area contributed by atoms with Crippen molar-refractivity contribution in [3.63, 3.8) is 0 Å². The van der Waals surface area contributed by atoms with Gasteiger partial charge < -0.3 is 21.3 Å². The largest absolute Gasteiger partial charge is 0.353 e. The molecule has 2 atom stereocenters. The fourth-order valence-electron chi connectivity index (χ4n) is 1.88. The molecule has 1 aromatic heterocycles. The van der Waals surface area contributed by atoms with Crippen molar-refractivity contribution in [1.82, 2.24) is 15.5 Å². The van der Waals surface area contributed by atoms with Crippen LogP contribution in [0.15, 0.2) is 17.5 Å². The normalized spacial score (nSPS) is 14.0. The van der Waals surface area contributed by atoms with Crippen molar-refractivity contribution in [2.24, 2.45) is 11.7 Å². The van der Waals surface area contributed by atoms with Gasteiger partial charge in [-0.05, 0) is 31.5 Å². The van der Waals surface area contributed by atoms with Crippen LogP contribution in [-0.2, 0) is 9.59 Å². The van der Waals surface area contributed by atoms with Crippen LogP contribution in [0.25, 0.3) is 0 Å². The van der Waals surface area contributed by atoms with E-state index in [2.05, 4.69) is 15.5 Å². The highest BCUT2D eigenvalue weighted by molar-refractivity contribution is 7.10. The second-order valence-corrected chi connectivity index (χ2v) is 6.77. The highest BCUT2D eigenvalue weighted by atomic mass is 32.1. The van der Waals surface area contributed by atoms with Gasteiger partial charge in [0.05, 0.1) is 18.6 Å².